The van der Waals surface area contributed by atoms with Crippen LogP contribution in [0.25, 0.3) is 0 Å². The molecular formula is C29H47NO3Si. The summed E-state index contributed by atoms with van der Waals surface area (Å²) in [6.45, 7) is 11.0. The van der Waals surface area contributed by atoms with E-state index in [-0.39, 0.29) is 17.7 Å². The number of nitriles is 1. The Morgan fingerprint density at radius 2 is 1.97 bits per heavy atom. The highest BCUT2D eigenvalue weighted by atomic mass is 28.4. The van der Waals surface area contributed by atoms with Crippen molar-refractivity contribution in [1.82, 2.24) is 0 Å². The fraction of sp³-hybridized carbons (Fsp3) is 0.759. The average molecular weight is 486 g/mol. The van der Waals surface area contributed by atoms with Gasteiger partial charge in [0.1, 0.15) is 11.8 Å². The van der Waals surface area contributed by atoms with Crippen molar-refractivity contribution in [2.24, 2.45) is 23.7 Å². The molecule has 1 saturated carbocycles. The standard InChI is InChI=1S/C29H47NO3Si/c1-6-7-8-10-21(20-29(2,3)34(4,5)32)13-14-24-25-17-22-11-9-12-28(33-16-15-30)26(22)18-23(25)19-27(24)31/h9,11-12,21,23-25,27,31-32H,6-8,10,13-14,16-20H2,1-5H3/t21-,23+,24+,25+,27-/m0/s1. The first-order valence-corrected chi connectivity index (χ1v) is 16.5. The van der Waals surface area contributed by atoms with Crippen molar-refractivity contribution in [2.75, 3.05) is 6.61 Å². The van der Waals surface area contributed by atoms with Gasteiger partial charge in [-0.25, -0.2) is 0 Å². The number of rotatable bonds is 12. The van der Waals surface area contributed by atoms with Crippen LogP contribution in [0.5, 0.6) is 5.75 Å². The van der Waals surface area contributed by atoms with Crippen molar-refractivity contribution in [1.29, 1.82) is 5.26 Å². The molecule has 1 aromatic rings. The van der Waals surface area contributed by atoms with Gasteiger partial charge in [-0.15, -0.1) is 0 Å². The quantitative estimate of drug-likeness (QED) is 0.257. The Kier molecular flexibility index (Phi) is 9.28. The minimum Gasteiger partial charge on any atom is -0.478 e. The molecule has 2 N–H and O–H groups in total. The first-order chi connectivity index (χ1) is 16.1. The predicted octanol–water partition coefficient (Wildman–Crippen LogP) is 6.65. The van der Waals surface area contributed by atoms with E-state index in [0.29, 0.717) is 23.7 Å². The molecule has 0 aliphatic heterocycles. The molecule has 0 bridgehead atoms. The third-order valence-electron chi connectivity index (χ3n) is 9.22. The van der Waals surface area contributed by atoms with Crippen LogP contribution in [0.15, 0.2) is 18.2 Å². The summed E-state index contributed by atoms with van der Waals surface area (Å²) < 4.78 is 5.71. The van der Waals surface area contributed by atoms with Gasteiger partial charge < -0.3 is 14.6 Å². The van der Waals surface area contributed by atoms with Crippen LogP contribution in [0.1, 0.15) is 83.3 Å². The molecule has 34 heavy (non-hydrogen) atoms. The number of nitrogens with zero attached hydrogens (tertiary/aromatic N) is 1. The highest BCUT2D eigenvalue weighted by molar-refractivity contribution is 6.72. The topological polar surface area (TPSA) is 73.5 Å². The molecule has 0 saturated heterocycles. The molecule has 1 aromatic carbocycles. The highest BCUT2D eigenvalue weighted by Crippen LogP contribution is 2.50. The van der Waals surface area contributed by atoms with E-state index in [2.05, 4.69) is 46.0 Å². The van der Waals surface area contributed by atoms with E-state index in [1.807, 2.05) is 12.1 Å². The number of fused-ring (bicyclic) bond motifs is 2. The van der Waals surface area contributed by atoms with Crippen molar-refractivity contribution in [2.45, 2.75) is 109 Å². The van der Waals surface area contributed by atoms with E-state index in [1.165, 1.54) is 36.8 Å². The van der Waals surface area contributed by atoms with Crippen LogP contribution in [0.4, 0.5) is 0 Å². The lowest BCUT2D eigenvalue weighted by molar-refractivity contribution is 0.104. The Bertz CT molecular complexity index is 841. The third-order valence-corrected chi connectivity index (χ3v) is 12.7. The SMILES string of the molecule is CCCCC[C@@H](CC[C@@H]1[C@@H]2Cc3cccc(OCC#N)c3C[C@@H]2C[C@@H]1O)CC(C)(C)[Si](C)(C)O. The molecule has 1 fully saturated rings. The number of aliphatic hydroxyl groups is 1. The van der Waals surface area contributed by atoms with E-state index >= 15 is 0 Å². The van der Waals surface area contributed by atoms with Gasteiger partial charge in [-0.05, 0) is 91.1 Å². The Hall–Kier alpha value is -1.35. The van der Waals surface area contributed by atoms with E-state index < -0.39 is 8.32 Å². The van der Waals surface area contributed by atoms with Crippen molar-refractivity contribution in [3.8, 4) is 11.8 Å². The van der Waals surface area contributed by atoms with Gasteiger partial charge in [0, 0.05) is 0 Å². The largest absolute Gasteiger partial charge is 0.478 e. The Labute approximate surface area is 208 Å². The zero-order valence-corrected chi connectivity index (χ0v) is 23.1. The van der Waals surface area contributed by atoms with E-state index in [4.69, 9.17) is 10.00 Å². The number of aliphatic hydroxyl groups excluding tert-OH is 1. The van der Waals surface area contributed by atoms with Gasteiger partial charge in [0.05, 0.1) is 6.10 Å². The summed E-state index contributed by atoms with van der Waals surface area (Å²) in [4.78, 5) is 10.9. The number of unbranched alkanes of at least 4 members (excludes halogenated alkanes) is 2. The van der Waals surface area contributed by atoms with Crippen molar-refractivity contribution in [3.63, 3.8) is 0 Å². The first-order valence-electron chi connectivity index (χ1n) is 13.6. The zero-order valence-electron chi connectivity index (χ0n) is 22.1. The van der Waals surface area contributed by atoms with Gasteiger partial charge in [0.15, 0.2) is 14.9 Å². The van der Waals surface area contributed by atoms with Gasteiger partial charge >= 0.3 is 0 Å². The van der Waals surface area contributed by atoms with E-state index in [1.54, 1.807) is 0 Å². The van der Waals surface area contributed by atoms with Crippen LogP contribution in [0, 0.1) is 35.0 Å². The van der Waals surface area contributed by atoms with E-state index in [0.717, 1.165) is 44.3 Å². The fourth-order valence-electron chi connectivity index (χ4n) is 6.48. The molecule has 0 amide bonds. The molecule has 3 rings (SSSR count). The van der Waals surface area contributed by atoms with Crippen LogP contribution in [-0.2, 0) is 12.8 Å². The second-order valence-electron chi connectivity index (χ2n) is 12.2. The van der Waals surface area contributed by atoms with Gasteiger partial charge in [-0.2, -0.15) is 5.26 Å². The molecule has 0 radical (unpaired) electrons. The number of benzene rings is 1. The van der Waals surface area contributed by atoms with Gasteiger partial charge in [-0.3, -0.25) is 0 Å². The summed E-state index contributed by atoms with van der Waals surface area (Å²) in [5.74, 6) is 2.86. The first kappa shape index (κ1) is 27.2. The monoisotopic (exact) mass is 485 g/mol. The van der Waals surface area contributed by atoms with Gasteiger partial charge in [0.2, 0.25) is 0 Å². The lowest BCUT2D eigenvalue weighted by atomic mass is 9.73. The lowest BCUT2D eigenvalue weighted by Gasteiger charge is -2.39. The van der Waals surface area contributed by atoms with Crippen LogP contribution >= 0.6 is 0 Å². The maximum absolute atomic E-state index is 11.1. The maximum Gasteiger partial charge on any atom is 0.188 e. The van der Waals surface area contributed by atoms with Crippen molar-refractivity contribution in [3.05, 3.63) is 29.3 Å². The maximum atomic E-state index is 11.1. The molecule has 0 unspecified atom stereocenters. The summed E-state index contributed by atoms with van der Waals surface area (Å²) in [6, 6.07) is 8.30. The normalized spacial score (nSPS) is 25.4. The highest BCUT2D eigenvalue weighted by Gasteiger charge is 2.45. The minimum atomic E-state index is -2.23. The number of hydrogen-bond donors (Lipinski definition) is 2. The zero-order chi connectivity index (χ0) is 24.9. The Balaban J connectivity index is 1.69. The van der Waals surface area contributed by atoms with Crippen molar-refractivity contribution < 1.29 is 14.6 Å². The second-order valence-corrected chi connectivity index (χ2v) is 16.7. The molecule has 5 heteroatoms. The molecule has 0 aromatic heterocycles. The van der Waals surface area contributed by atoms with Gasteiger partial charge in [0.25, 0.3) is 0 Å². The van der Waals surface area contributed by atoms with Crippen LogP contribution in [-0.4, -0.2) is 30.9 Å². The molecule has 0 spiro atoms. The van der Waals surface area contributed by atoms with E-state index in [9.17, 15) is 9.90 Å². The van der Waals surface area contributed by atoms with Crippen LogP contribution in [0.3, 0.4) is 0 Å². The molecule has 190 valence electrons. The summed E-state index contributed by atoms with van der Waals surface area (Å²) in [5, 5.41) is 20.0. The summed E-state index contributed by atoms with van der Waals surface area (Å²) in [5.41, 5.74) is 2.59. The number of hydrogen-bond acceptors (Lipinski definition) is 4. The van der Waals surface area contributed by atoms with Crippen LogP contribution < -0.4 is 4.74 Å². The Morgan fingerprint density at radius 1 is 1.21 bits per heavy atom. The van der Waals surface area contributed by atoms with Gasteiger partial charge in [-0.1, -0.05) is 65.0 Å². The molecule has 4 nitrogen and oxygen atoms in total. The molecule has 2 aliphatic rings. The summed E-state index contributed by atoms with van der Waals surface area (Å²) >= 11 is 0. The summed E-state index contributed by atoms with van der Waals surface area (Å²) in [6.07, 6.45) is 11.0. The average Bonchev–Trinajstić information content (AvgIpc) is 3.07. The minimum absolute atomic E-state index is 0.00428. The molecular weight excluding hydrogens is 438 g/mol. The molecule has 2 aliphatic carbocycles. The Morgan fingerprint density at radius 3 is 2.65 bits per heavy atom. The van der Waals surface area contributed by atoms with Crippen LogP contribution in [0.2, 0.25) is 18.1 Å². The summed E-state index contributed by atoms with van der Waals surface area (Å²) in [7, 11) is -2.23. The fourth-order valence-corrected chi connectivity index (χ4v) is 7.27. The smallest absolute Gasteiger partial charge is 0.188 e. The number of ether oxygens (including phenoxy) is 1. The molecule has 5 atom stereocenters. The lowest BCUT2D eigenvalue weighted by Crippen LogP contribution is -2.40. The second kappa shape index (κ2) is 11.6. The third kappa shape index (κ3) is 6.45. The predicted molar refractivity (Wildman–Crippen MR) is 141 cm³/mol. The van der Waals surface area contributed by atoms with Crippen molar-refractivity contribution >= 4 is 8.32 Å². The molecule has 0 heterocycles.